The Bertz CT molecular complexity index is 636. The molecule has 2 heterocycles. The van der Waals surface area contributed by atoms with Gasteiger partial charge in [0.15, 0.2) is 6.04 Å². The number of likely N-dealkylation sites (N-methyl/N-ethyl adjacent to an activating group) is 1. The lowest BCUT2D eigenvalue weighted by Crippen LogP contribution is -3.27. The number of quaternary nitrogens is 2. The number of hydrogen-bond donors (Lipinski definition) is 3. The second-order valence-electron chi connectivity index (χ2n) is 6.39. The number of nitrogens with zero attached hydrogens (tertiary/aromatic N) is 4. The first-order chi connectivity index (χ1) is 11.7. The molecule has 1 aliphatic heterocycles. The Labute approximate surface area is 141 Å². The van der Waals surface area contributed by atoms with Crippen molar-refractivity contribution in [2.75, 3.05) is 46.9 Å². The molecular weight excluding hydrogens is 308 g/mol. The van der Waals surface area contributed by atoms with Crippen molar-refractivity contribution in [3.05, 3.63) is 35.7 Å². The molecule has 130 valence electrons. The van der Waals surface area contributed by atoms with E-state index < -0.39 is 0 Å². The summed E-state index contributed by atoms with van der Waals surface area (Å²) >= 11 is 0. The number of methoxy groups -OCH3 is 1. The van der Waals surface area contributed by atoms with Crippen LogP contribution in [0.2, 0.25) is 0 Å². The molecular formula is C16H26N6O2+2. The third-order valence-corrected chi connectivity index (χ3v) is 4.71. The van der Waals surface area contributed by atoms with Crippen molar-refractivity contribution >= 4 is 0 Å². The molecule has 0 amide bonds. The maximum absolute atomic E-state index is 9.61. The van der Waals surface area contributed by atoms with E-state index in [1.165, 1.54) is 4.90 Å². The number of tetrazole rings is 1. The third-order valence-electron chi connectivity index (χ3n) is 4.71. The predicted octanol–water partition coefficient (Wildman–Crippen LogP) is -2.47. The summed E-state index contributed by atoms with van der Waals surface area (Å²) in [5, 5.41) is 22.0. The molecule has 0 aliphatic carbocycles. The molecule has 1 atom stereocenters. The van der Waals surface area contributed by atoms with Gasteiger partial charge in [-0.3, -0.25) is 0 Å². The largest absolute Gasteiger partial charge is 0.508 e. The van der Waals surface area contributed by atoms with Crippen molar-refractivity contribution in [1.82, 2.24) is 20.2 Å². The molecule has 0 spiro atoms. The van der Waals surface area contributed by atoms with Crippen LogP contribution in [0.5, 0.6) is 5.75 Å². The Morgan fingerprint density at radius 1 is 1.21 bits per heavy atom. The first-order valence-electron chi connectivity index (χ1n) is 8.39. The van der Waals surface area contributed by atoms with Gasteiger partial charge in [0.25, 0.3) is 0 Å². The third kappa shape index (κ3) is 3.72. The number of phenolic OH excluding ortho intramolecular Hbond substituents is 1. The molecule has 1 fully saturated rings. The number of phenols is 1. The Hall–Kier alpha value is -2.03. The molecule has 1 aromatic heterocycles. The SMILES string of the molecule is COCCn1nnnc1[C@H](c1ccc(O)cc1)[NH+]1CC[NH+](C)CC1. The fourth-order valence-electron chi connectivity index (χ4n) is 3.28. The summed E-state index contributed by atoms with van der Waals surface area (Å²) in [6.07, 6.45) is 0. The summed E-state index contributed by atoms with van der Waals surface area (Å²) in [6, 6.07) is 7.45. The van der Waals surface area contributed by atoms with Gasteiger partial charge in [0.1, 0.15) is 31.9 Å². The van der Waals surface area contributed by atoms with Gasteiger partial charge in [-0.15, -0.1) is 5.10 Å². The fraction of sp³-hybridized carbons (Fsp3) is 0.562. The summed E-state index contributed by atoms with van der Waals surface area (Å²) in [6.45, 7) is 5.59. The van der Waals surface area contributed by atoms with Gasteiger partial charge in [0.2, 0.25) is 5.82 Å². The quantitative estimate of drug-likeness (QED) is 0.545. The second kappa shape index (κ2) is 7.69. The van der Waals surface area contributed by atoms with Crippen LogP contribution < -0.4 is 9.80 Å². The zero-order chi connectivity index (χ0) is 16.9. The van der Waals surface area contributed by atoms with Crippen LogP contribution in [0.1, 0.15) is 17.4 Å². The van der Waals surface area contributed by atoms with E-state index in [9.17, 15) is 5.11 Å². The predicted molar refractivity (Wildman–Crippen MR) is 87.0 cm³/mol. The zero-order valence-corrected chi connectivity index (χ0v) is 14.3. The second-order valence-corrected chi connectivity index (χ2v) is 6.39. The van der Waals surface area contributed by atoms with Crippen molar-refractivity contribution in [2.24, 2.45) is 0 Å². The molecule has 0 unspecified atom stereocenters. The normalized spacial score (nSPS) is 22.4. The summed E-state index contributed by atoms with van der Waals surface area (Å²) < 4.78 is 7.00. The summed E-state index contributed by atoms with van der Waals surface area (Å²) in [5.74, 6) is 1.13. The molecule has 2 aromatic rings. The van der Waals surface area contributed by atoms with E-state index in [1.807, 2.05) is 16.8 Å². The van der Waals surface area contributed by atoms with E-state index in [0.717, 1.165) is 37.6 Å². The first kappa shape index (κ1) is 16.8. The molecule has 1 aromatic carbocycles. The van der Waals surface area contributed by atoms with E-state index in [1.54, 1.807) is 24.1 Å². The number of rotatable bonds is 6. The molecule has 3 rings (SSSR count). The lowest BCUT2D eigenvalue weighted by molar-refractivity contribution is -1.02. The van der Waals surface area contributed by atoms with Crippen molar-refractivity contribution in [2.45, 2.75) is 12.6 Å². The maximum atomic E-state index is 9.61. The van der Waals surface area contributed by atoms with E-state index in [0.29, 0.717) is 13.2 Å². The van der Waals surface area contributed by atoms with Gasteiger partial charge >= 0.3 is 0 Å². The smallest absolute Gasteiger partial charge is 0.214 e. The van der Waals surface area contributed by atoms with Crippen molar-refractivity contribution < 1.29 is 19.6 Å². The Morgan fingerprint density at radius 2 is 1.92 bits per heavy atom. The fourth-order valence-corrected chi connectivity index (χ4v) is 3.28. The van der Waals surface area contributed by atoms with Gasteiger partial charge in [-0.25, -0.2) is 4.68 Å². The van der Waals surface area contributed by atoms with Gasteiger partial charge < -0.3 is 19.6 Å². The van der Waals surface area contributed by atoms with Gasteiger partial charge in [0.05, 0.1) is 20.2 Å². The summed E-state index contributed by atoms with van der Waals surface area (Å²) in [7, 11) is 3.91. The standard InChI is InChI=1S/C16H24N6O2/c1-20-7-9-21(10-8-20)15(13-3-5-14(23)6-4-13)16-17-18-19-22(16)11-12-24-2/h3-6,15,23H,7-12H2,1-2H3/p+2/t15-/m0/s1. The van der Waals surface area contributed by atoms with Crippen molar-refractivity contribution in [1.29, 1.82) is 0 Å². The highest BCUT2D eigenvalue weighted by Crippen LogP contribution is 2.19. The van der Waals surface area contributed by atoms with Crippen LogP contribution >= 0.6 is 0 Å². The van der Waals surface area contributed by atoms with Crippen LogP contribution in [0.25, 0.3) is 0 Å². The Morgan fingerprint density at radius 3 is 2.58 bits per heavy atom. The molecule has 1 aliphatic rings. The monoisotopic (exact) mass is 334 g/mol. The van der Waals surface area contributed by atoms with Gasteiger partial charge in [-0.2, -0.15) is 0 Å². The van der Waals surface area contributed by atoms with Gasteiger partial charge in [-0.1, -0.05) is 0 Å². The molecule has 8 nitrogen and oxygen atoms in total. The average Bonchev–Trinajstić information content (AvgIpc) is 3.05. The van der Waals surface area contributed by atoms with Crippen molar-refractivity contribution in [3.8, 4) is 5.75 Å². The van der Waals surface area contributed by atoms with E-state index in [-0.39, 0.29) is 11.8 Å². The number of aromatic nitrogens is 4. The minimum Gasteiger partial charge on any atom is -0.508 e. The molecule has 24 heavy (non-hydrogen) atoms. The van der Waals surface area contributed by atoms with E-state index in [2.05, 4.69) is 22.6 Å². The molecule has 8 heteroatoms. The van der Waals surface area contributed by atoms with Gasteiger partial charge in [0, 0.05) is 12.7 Å². The summed E-state index contributed by atoms with van der Waals surface area (Å²) in [5.41, 5.74) is 1.12. The lowest BCUT2D eigenvalue weighted by atomic mass is 10.0. The Kier molecular flexibility index (Phi) is 5.39. The van der Waals surface area contributed by atoms with Crippen LogP contribution in [0.3, 0.4) is 0 Å². The zero-order valence-electron chi connectivity index (χ0n) is 14.3. The maximum Gasteiger partial charge on any atom is 0.214 e. The highest BCUT2D eigenvalue weighted by atomic mass is 16.5. The van der Waals surface area contributed by atoms with Crippen LogP contribution in [0.4, 0.5) is 0 Å². The highest BCUT2D eigenvalue weighted by Gasteiger charge is 2.34. The molecule has 0 saturated carbocycles. The van der Waals surface area contributed by atoms with Crippen LogP contribution in [0.15, 0.2) is 24.3 Å². The Balaban J connectivity index is 1.92. The highest BCUT2D eigenvalue weighted by molar-refractivity contribution is 5.29. The number of aromatic hydroxyl groups is 1. The molecule has 1 saturated heterocycles. The van der Waals surface area contributed by atoms with E-state index in [4.69, 9.17) is 4.74 Å². The van der Waals surface area contributed by atoms with Crippen LogP contribution in [0, 0.1) is 0 Å². The van der Waals surface area contributed by atoms with Crippen LogP contribution in [-0.2, 0) is 11.3 Å². The first-order valence-corrected chi connectivity index (χ1v) is 8.39. The number of piperazine rings is 1. The average molecular weight is 334 g/mol. The molecule has 3 N–H and O–H groups in total. The number of ether oxygens (including phenoxy) is 1. The van der Waals surface area contributed by atoms with Crippen LogP contribution in [-0.4, -0.2) is 72.3 Å². The lowest BCUT2D eigenvalue weighted by Gasteiger charge is -2.32. The summed E-state index contributed by atoms with van der Waals surface area (Å²) in [4.78, 5) is 3.02. The minimum absolute atomic E-state index is 0.0607. The van der Waals surface area contributed by atoms with E-state index >= 15 is 0 Å². The number of benzene rings is 1. The topological polar surface area (TPSA) is 81.9 Å². The number of hydrogen-bond acceptors (Lipinski definition) is 5. The molecule has 0 radical (unpaired) electrons. The number of nitrogens with one attached hydrogen (secondary N) is 2. The minimum atomic E-state index is 0.0607. The van der Waals surface area contributed by atoms with Gasteiger partial charge in [-0.05, 0) is 34.7 Å². The molecule has 0 bridgehead atoms. The van der Waals surface area contributed by atoms with Crippen molar-refractivity contribution in [3.63, 3.8) is 0 Å².